The highest BCUT2D eigenvalue weighted by molar-refractivity contribution is 9.10. The lowest BCUT2D eigenvalue weighted by Gasteiger charge is -2.04. The number of nitrogens with two attached hydrogens (primary N) is 1. The van der Waals surface area contributed by atoms with E-state index < -0.39 is 5.97 Å². The average Bonchev–Trinajstić information content (AvgIpc) is 2.48. The van der Waals surface area contributed by atoms with Crippen LogP contribution in [0.2, 0.25) is 0 Å². The van der Waals surface area contributed by atoms with Crippen molar-refractivity contribution < 1.29 is 14.6 Å². The minimum atomic E-state index is -0.965. The zero-order valence-electron chi connectivity index (χ0n) is 7.16. The van der Waals surface area contributed by atoms with E-state index in [1.54, 1.807) is 6.07 Å². The van der Waals surface area contributed by atoms with Gasteiger partial charge in [0.15, 0.2) is 0 Å². The quantitative estimate of drug-likeness (QED) is 0.801. The summed E-state index contributed by atoms with van der Waals surface area (Å²) < 4.78 is 5.95. The Morgan fingerprint density at radius 3 is 3.00 bits per heavy atom. The molecule has 4 nitrogen and oxygen atoms in total. The normalized spacial score (nSPS) is 18.9. The third-order valence-electron chi connectivity index (χ3n) is 2.13. The fourth-order valence-electron chi connectivity index (χ4n) is 1.43. The number of hydrogen-bond acceptors (Lipinski definition) is 3. The molecule has 0 spiro atoms. The number of aromatic carboxylic acids is 1. The smallest absolute Gasteiger partial charge is 0.335 e. The van der Waals surface area contributed by atoms with Crippen LogP contribution < -0.4 is 10.5 Å². The molecule has 0 amide bonds. The molecule has 0 unspecified atom stereocenters. The first-order valence-electron chi connectivity index (χ1n) is 4.04. The minimum Gasteiger partial charge on any atom is -0.490 e. The monoisotopic (exact) mass is 257 g/mol. The first-order valence-corrected chi connectivity index (χ1v) is 4.84. The lowest BCUT2D eigenvalue weighted by atomic mass is 10.1. The molecule has 2 rings (SSSR count). The maximum atomic E-state index is 10.8. The molecule has 0 bridgehead atoms. The van der Waals surface area contributed by atoms with Crippen molar-refractivity contribution in [3.8, 4) is 5.75 Å². The summed E-state index contributed by atoms with van der Waals surface area (Å²) in [4.78, 5) is 10.8. The summed E-state index contributed by atoms with van der Waals surface area (Å²) >= 11 is 3.25. The highest BCUT2D eigenvalue weighted by Crippen LogP contribution is 2.38. The van der Waals surface area contributed by atoms with Crippen LogP contribution in [-0.2, 0) is 0 Å². The number of rotatable bonds is 1. The van der Waals surface area contributed by atoms with Gasteiger partial charge in [0, 0.05) is 5.56 Å². The molecule has 1 aromatic rings. The van der Waals surface area contributed by atoms with Crippen LogP contribution in [0.15, 0.2) is 16.6 Å². The first-order chi connectivity index (χ1) is 6.59. The van der Waals surface area contributed by atoms with Crippen LogP contribution >= 0.6 is 15.9 Å². The molecule has 0 fully saturated rings. The van der Waals surface area contributed by atoms with Gasteiger partial charge in [-0.25, -0.2) is 4.79 Å². The number of fused-ring (bicyclic) bond motifs is 1. The Morgan fingerprint density at radius 1 is 1.64 bits per heavy atom. The molecule has 5 heteroatoms. The Kier molecular flexibility index (Phi) is 2.20. The molecule has 14 heavy (non-hydrogen) atoms. The van der Waals surface area contributed by atoms with Crippen LogP contribution in [0.1, 0.15) is 22.0 Å². The maximum absolute atomic E-state index is 10.8. The van der Waals surface area contributed by atoms with E-state index in [0.717, 1.165) is 5.56 Å². The SMILES string of the molecule is N[C@H]1COc2c(Br)cc(C(=O)O)cc21. The van der Waals surface area contributed by atoms with Gasteiger partial charge < -0.3 is 15.6 Å². The Balaban J connectivity index is 2.58. The van der Waals surface area contributed by atoms with Crippen molar-refractivity contribution in [1.82, 2.24) is 0 Å². The van der Waals surface area contributed by atoms with Crippen LogP contribution in [0.5, 0.6) is 5.75 Å². The van der Waals surface area contributed by atoms with E-state index >= 15 is 0 Å². The molecule has 0 aromatic heterocycles. The van der Waals surface area contributed by atoms with Gasteiger partial charge in [-0.2, -0.15) is 0 Å². The van der Waals surface area contributed by atoms with Crippen molar-refractivity contribution in [2.45, 2.75) is 6.04 Å². The van der Waals surface area contributed by atoms with Crippen molar-refractivity contribution in [1.29, 1.82) is 0 Å². The fraction of sp³-hybridized carbons (Fsp3) is 0.222. The van der Waals surface area contributed by atoms with Gasteiger partial charge in [-0.1, -0.05) is 0 Å². The van der Waals surface area contributed by atoms with E-state index in [-0.39, 0.29) is 11.6 Å². The molecule has 1 heterocycles. The van der Waals surface area contributed by atoms with Gasteiger partial charge in [0.1, 0.15) is 12.4 Å². The number of ether oxygens (including phenoxy) is 1. The standard InChI is InChI=1S/C9H8BrNO3/c10-6-2-4(9(12)13)1-5-7(11)3-14-8(5)6/h1-2,7H,3,11H2,(H,12,13)/t7-/m0/s1. The lowest BCUT2D eigenvalue weighted by molar-refractivity contribution is 0.0696. The molecule has 0 saturated carbocycles. The number of carboxylic acids is 1. The Labute approximate surface area is 88.8 Å². The summed E-state index contributed by atoms with van der Waals surface area (Å²) in [6.07, 6.45) is 0. The minimum absolute atomic E-state index is 0.219. The zero-order valence-corrected chi connectivity index (χ0v) is 8.74. The molecule has 0 saturated heterocycles. The fourth-order valence-corrected chi connectivity index (χ4v) is 2.02. The lowest BCUT2D eigenvalue weighted by Crippen LogP contribution is -2.11. The van der Waals surface area contributed by atoms with Gasteiger partial charge >= 0.3 is 5.97 Å². The van der Waals surface area contributed by atoms with Gasteiger partial charge in [-0.3, -0.25) is 0 Å². The summed E-state index contributed by atoms with van der Waals surface area (Å²) in [7, 11) is 0. The van der Waals surface area contributed by atoms with Crippen LogP contribution in [0.4, 0.5) is 0 Å². The number of hydrogen-bond donors (Lipinski definition) is 2. The third kappa shape index (κ3) is 1.38. The highest BCUT2D eigenvalue weighted by Gasteiger charge is 2.24. The van der Waals surface area contributed by atoms with Gasteiger partial charge in [0.05, 0.1) is 16.1 Å². The van der Waals surface area contributed by atoms with E-state index in [0.29, 0.717) is 16.8 Å². The van der Waals surface area contributed by atoms with Crippen LogP contribution in [-0.4, -0.2) is 17.7 Å². The van der Waals surface area contributed by atoms with E-state index in [9.17, 15) is 4.79 Å². The van der Waals surface area contributed by atoms with Crippen molar-refractivity contribution >= 4 is 21.9 Å². The van der Waals surface area contributed by atoms with Crippen LogP contribution in [0.25, 0.3) is 0 Å². The maximum Gasteiger partial charge on any atom is 0.335 e. The van der Waals surface area contributed by atoms with E-state index in [1.165, 1.54) is 6.07 Å². The van der Waals surface area contributed by atoms with E-state index in [4.69, 9.17) is 15.6 Å². The largest absolute Gasteiger partial charge is 0.490 e. The Morgan fingerprint density at radius 2 is 2.36 bits per heavy atom. The topological polar surface area (TPSA) is 72.5 Å². The van der Waals surface area contributed by atoms with E-state index in [1.807, 2.05) is 0 Å². The molecule has 1 aliphatic rings. The Bertz CT molecular complexity index is 405. The van der Waals surface area contributed by atoms with Gasteiger partial charge in [0.2, 0.25) is 0 Å². The second-order valence-electron chi connectivity index (χ2n) is 3.10. The van der Waals surface area contributed by atoms with Crippen molar-refractivity contribution in [2.24, 2.45) is 5.73 Å². The second-order valence-corrected chi connectivity index (χ2v) is 3.95. The van der Waals surface area contributed by atoms with E-state index in [2.05, 4.69) is 15.9 Å². The highest BCUT2D eigenvalue weighted by atomic mass is 79.9. The molecular weight excluding hydrogens is 250 g/mol. The molecule has 1 atom stereocenters. The van der Waals surface area contributed by atoms with Gasteiger partial charge in [-0.15, -0.1) is 0 Å². The average molecular weight is 258 g/mol. The second kappa shape index (κ2) is 3.25. The van der Waals surface area contributed by atoms with Crippen LogP contribution in [0, 0.1) is 0 Å². The number of benzene rings is 1. The number of halogens is 1. The number of carboxylic acid groups (broad SMARTS) is 1. The van der Waals surface area contributed by atoms with Crippen molar-refractivity contribution in [3.63, 3.8) is 0 Å². The summed E-state index contributed by atoms with van der Waals surface area (Å²) in [5, 5.41) is 8.82. The molecule has 74 valence electrons. The zero-order chi connectivity index (χ0) is 10.3. The Hall–Kier alpha value is -1.07. The predicted molar refractivity (Wildman–Crippen MR) is 53.5 cm³/mol. The van der Waals surface area contributed by atoms with Gasteiger partial charge in [0.25, 0.3) is 0 Å². The van der Waals surface area contributed by atoms with Gasteiger partial charge in [-0.05, 0) is 28.1 Å². The molecule has 3 N–H and O–H groups in total. The van der Waals surface area contributed by atoms with Crippen LogP contribution in [0.3, 0.4) is 0 Å². The van der Waals surface area contributed by atoms with Crippen molar-refractivity contribution in [2.75, 3.05) is 6.61 Å². The summed E-state index contributed by atoms with van der Waals surface area (Å²) in [6.45, 7) is 0.400. The molecular formula is C9H8BrNO3. The summed E-state index contributed by atoms with van der Waals surface area (Å²) in [5.74, 6) is -0.310. The molecule has 1 aliphatic heterocycles. The molecule has 1 aromatic carbocycles. The van der Waals surface area contributed by atoms with Crippen molar-refractivity contribution in [3.05, 3.63) is 27.7 Å². The summed E-state index contributed by atoms with van der Waals surface area (Å²) in [6, 6.07) is 2.83. The first kappa shape index (κ1) is 9.48. The number of carbonyl (C=O) groups is 1. The third-order valence-corrected chi connectivity index (χ3v) is 2.72. The predicted octanol–water partition coefficient (Wildman–Crippen LogP) is 1.54. The summed E-state index contributed by atoms with van der Waals surface area (Å²) in [5.41, 5.74) is 6.71. The molecule has 0 aliphatic carbocycles. The molecule has 0 radical (unpaired) electrons.